The van der Waals surface area contributed by atoms with Crippen LogP contribution in [-0.2, 0) is 12.7 Å². The van der Waals surface area contributed by atoms with Gasteiger partial charge in [-0.25, -0.2) is 0 Å². The van der Waals surface area contributed by atoms with Crippen LogP contribution in [0.25, 0.3) is 0 Å². The van der Waals surface area contributed by atoms with E-state index in [4.69, 9.17) is 23.2 Å². The minimum Gasteiger partial charge on any atom is -0.312 e. The molecule has 0 atom stereocenters. The molecule has 28 heavy (non-hydrogen) atoms. The summed E-state index contributed by atoms with van der Waals surface area (Å²) < 4.78 is 38.7. The first-order valence-electron chi connectivity index (χ1n) is 8.71. The van der Waals surface area contributed by atoms with Gasteiger partial charge >= 0.3 is 6.18 Å². The largest absolute Gasteiger partial charge is 0.416 e. The molecular formula is C22H18Cl2F3N. The van der Waals surface area contributed by atoms with Crippen LogP contribution in [0.4, 0.5) is 13.2 Å². The highest BCUT2D eigenvalue weighted by atomic mass is 35.5. The van der Waals surface area contributed by atoms with Crippen molar-refractivity contribution in [3.8, 4) is 0 Å². The van der Waals surface area contributed by atoms with Crippen LogP contribution in [0, 0.1) is 0 Å². The lowest BCUT2D eigenvalue weighted by atomic mass is 9.91. The number of benzene rings is 3. The summed E-state index contributed by atoms with van der Waals surface area (Å²) in [4.78, 5) is 0. The molecule has 0 bridgehead atoms. The SMILES string of the molecule is FC(F)(F)c1cccc(CNCC(c2ccc(Cl)cc2)c2ccc(Cl)cc2)c1. The molecule has 0 aromatic heterocycles. The molecule has 0 saturated heterocycles. The molecule has 0 aliphatic rings. The summed E-state index contributed by atoms with van der Waals surface area (Å²) in [5.41, 5.74) is 2.06. The quantitative estimate of drug-likeness (QED) is 0.452. The number of nitrogens with one attached hydrogen (secondary N) is 1. The second-order valence-electron chi connectivity index (χ2n) is 6.48. The van der Waals surface area contributed by atoms with Gasteiger partial charge in [0.2, 0.25) is 0 Å². The van der Waals surface area contributed by atoms with Crippen LogP contribution < -0.4 is 5.32 Å². The molecular weight excluding hydrogens is 406 g/mol. The third-order valence-corrected chi connectivity index (χ3v) is 4.98. The lowest BCUT2D eigenvalue weighted by Gasteiger charge is -2.19. The lowest BCUT2D eigenvalue weighted by Crippen LogP contribution is -2.22. The van der Waals surface area contributed by atoms with Crippen molar-refractivity contribution in [3.05, 3.63) is 105 Å². The summed E-state index contributed by atoms with van der Waals surface area (Å²) in [5.74, 6) is 0.0142. The van der Waals surface area contributed by atoms with Gasteiger partial charge in [0.1, 0.15) is 0 Å². The second kappa shape index (κ2) is 8.99. The molecule has 0 fully saturated rings. The molecule has 6 heteroatoms. The topological polar surface area (TPSA) is 12.0 Å². The number of hydrogen-bond donors (Lipinski definition) is 1. The number of halogens is 5. The monoisotopic (exact) mass is 423 g/mol. The Kier molecular flexibility index (Phi) is 6.65. The molecule has 3 rings (SSSR count). The third kappa shape index (κ3) is 5.51. The Balaban J connectivity index is 1.75. The van der Waals surface area contributed by atoms with Crippen molar-refractivity contribution in [2.24, 2.45) is 0 Å². The maximum atomic E-state index is 12.9. The van der Waals surface area contributed by atoms with Crippen molar-refractivity contribution in [1.29, 1.82) is 0 Å². The normalized spacial score (nSPS) is 11.8. The van der Waals surface area contributed by atoms with Crippen molar-refractivity contribution < 1.29 is 13.2 Å². The first-order chi connectivity index (χ1) is 13.3. The first kappa shape index (κ1) is 20.7. The fourth-order valence-electron chi connectivity index (χ4n) is 3.04. The highest BCUT2D eigenvalue weighted by Gasteiger charge is 2.30. The Bertz CT molecular complexity index is 861. The van der Waals surface area contributed by atoms with E-state index in [0.717, 1.165) is 17.2 Å². The third-order valence-electron chi connectivity index (χ3n) is 4.48. The molecule has 0 amide bonds. The van der Waals surface area contributed by atoms with Crippen molar-refractivity contribution in [2.75, 3.05) is 6.54 Å². The highest BCUT2D eigenvalue weighted by molar-refractivity contribution is 6.30. The molecule has 1 nitrogen and oxygen atoms in total. The van der Waals surface area contributed by atoms with E-state index in [1.54, 1.807) is 6.07 Å². The average molecular weight is 424 g/mol. The zero-order valence-electron chi connectivity index (χ0n) is 14.8. The van der Waals surface area contributed by atoms with Crippen LogP contribution in [-0.4, -0.2) is 6.54 Å². The van der Waals surface area contributed by atoms with Gasteiger partial charge < -0.3 is 5.32 Å². The predicted octanol–water partition coefficient (Wildman–Crippen LogP) is 6.93. The zero-order valence-corrected chi connectivity index (χ0v) is 16.3. The van der Waals surface area contributed by atoms with E-state index < -0.39 is 11.7 Å². The van der Waals surface area contributed by atoms with Crippen LogP contribution in [0.5, 0.6) is 0 Å². The standard InChI is InChI=1S/C22H18Cl2F3N/c23-19-8-4-16(5-9-19)21(17-6-10-20(24)11-7-17)14-28-13-15-2-1-3-18(12-15)22(25,26)27/h1-12,21,28H,13-14H2. The maximum absolute atomic E-state index is 12.9. The smallest absolute Gasteiger partial charge is 0.312 e. The highest BCUT2D eigenvalue weighted by Crippen LogP contribution is 2.30. The van der Waals surface area contributed by atoms with E-state index in [1.807, 2.05) is 48.5 Å². The molecule has 0 aliphatic carbocycles. The molecule has 3 aromatic carbocycles. The predicted molar refractivity (Wildman–Crippen MR) is 108 cm³/mol. The van der Waals surface area contributed by atoms with Crippen LogP contribution >= 0.6 is 23.2 Å². The molecule has 0 spiro atoms. The number of alkyl halides is 3. The van der Waals surface area contributed by atoms with E-state index in [2.05, 4.69) is 5.32 Å². The minimum absolute atomic E-state index is 0.0142. The Labute approximate surface area is 172 Å². The zero-order chi connectivity index (χ0) is 20.1. The summed E-state index contributed by atoms with van der Waals surface area (Å²) in [6.07, 6.45) is -4.34. The summed E-state index contributed by atoms with van der Waals surface area (Å²) in [6, 6.07) is 20.5. The fourth-order valence-corrected chi connectivity index (χ4v) is 3.29. The summed E-state index contributed by atoms with van der Waals surface area (Å²) in [6.45, 7) is 0.890. The van der Waals surface area contributed by atoms with Gasteiger partial charge in [0, 0.05) is 29.1 Å². The van der Waals surface area contributed by atoms with Crippen molar-refractivity contribution in [3.63, 3.8) is 0 Å². The molecule has 1 N–H and O–H groups in total. The molecule has 146 valence electrons. The van der Waals surface area contributed by atoms with Gasteiger partial charge in [0.05, 0.1) is 5.56 Å². The van der Waals surface area contributed by atoms with Gasteiger partial charge in [-0.05, 0) is 47.0 Å². The van der Waals surface area contributed by atoms with Crippen LogP contribution in [0.15, 0.2) is 72.8 Å². The van der Waals surface area contributed by atoms with E-state index in [9.17, 15) is 13.2 Å². The molecule has 0 heterocycles. The average Bonchev–Trinajstić information content (AvgIpc) is 2.67. The molecule has 0 saturated carbocycles. The lowest BCUT2D eigenvalue weighted by molar-refractivity contribution is -0.137. The summed E-state index contributed by atoms with van der Waals surface area (Å²) in [5, 5.41) is 4.57. The van der Waals surface area contributed by atoms with Crippen molar-refractivity contribution in [1.82, 2.24) is 5.32 Å². The fraction of sp³-hybridized carbons (Fsp3) is 0.182. The van der Waals surface area contributed by atoms with E-state index in [0.29, 0.717) is 28.7 Å². The Morgan fingerprint density at radius 2 is 1.32 bits per heavy atom. The first-order valence-corrected chi connectivity index (χ1v) is 9.46. The van der Waals surface area contributed by atoms with Crippen LogP contribution in [0.3, 0.4) is 0 Å². The van der Waals surface area contributed by atoms with Crippen molar-refractivity contribution >= 4 is 23.2 Å². The summed E-state index contributed by atoms with van der Waals surface area (Å²) in [7, 11) is 0. The van der Waals surface area contributed by atoms with Crippen LogP contribution in [0.1, 0.15) is 28.2 Å². The minimum atomic E-state index is -4.34. The van der Waals surface area contributed by atoms with Gasteiger partial charge in [-0.2, -0.15) is 13.2 Å². The van der Waals surface area contributed by atoms with E-state index in [-0.39, 0.29) is 5.92 Å². The molecule has 0 radical (unpaired) electrons. The Morgan fingerprint density at radius 3 is 1.82 bits per heavy atom. The molecule has 0 unspecified atom stereocenters. The Morgan fingerprint density at radius 1 is 0.786 bits per heavy atom. The van der Waals surface area contributed by atoms with Gasteiger partial charge in [-0.3, -0.25) is 0 Å². The maximum Gasteiger partial charge on any atom is 0.416 e. The molecule has 0 aliphatic heterocycles. The summed E-state index contributed by atoms with van der Waals surface area (Å²) >= 11 is 12.0. The van der Waals surface area contributed by atoms with Gasteiger partial charge in [0.15, 0.2) is 0 Å². The van der Waals surface area contributed by atoms with Gasteiger partial charge in [-0.1, -0.05) is 65.7 Å². The number of rotatable bonds is 6. The molecule has 3 aromatic rings. The van der Waals surface area contributed by atoms with Gasteiger partial charge in [-0.15, -0.1) is 0 Å². The van der Waals surface area contributed by atoms with Gasteiger partial charge in [0.25, 0.3) is 0 Å². The second-order valence-corrected chi connectivity index (χ2v) is 7.36. The van der Waals surface area contributed by atoms with Crippen LogP contribution in [0.2, 0.25) is 10.0 Å². The Hall–Kier alpha value is -2.01. The number of hydrogen-bond acceptors (Lipinski definition) is 1. The van der Waals surface area contributed by atoms with E-state index in [1.165, 1.54) is 12.1 Å². The van der Waals surface area contributed by atoms with E-state index >= 15 is 0 Å². The van der Waals surface area contributed by atoms with Crippen molar-refractivity contribution in [2.45, 2.75) is 18.6 Å².